The summed E-state index contributed by atoms with van der Waals surface area (Å²) in [7, 11) is 0. The summed E-state index contributed by atoms with van der Waals surface area (Å²) < 4.78 is 20.9. The van der Waals surface area contributed by atoms with E-state index in [-0.39, 0.29) is 24.2 Å². The van der Waals surface area contributed by atoms with Gasteiger partial charge in [-0.05, 0) is 72.7 Å². The molecule has 1 amide bonds. The standard InChI is InChI=1S/C22H20FIN4O2/c1-13-19(11-25-14(2)27-13)30-12-22(15-4-3-5-16(23)8-15)9-18(22)21(29)28-20-7-6-17(24)10-26-20/h3-8,10-11,18H,9,12H2,1-2H3,(H,26,28,29)/t18-,22+/m0/s1. The molecule has 154 valence electrons. The number of amides is 1. The van der Waals surface area contributed by atoms with Gasteiger partial charge in [-0.2, -0.15) is 0 Å². The number of nitrogens with one attached hydrogen (secondary N) is 1. The van der Waals surface area contributed by atoms with Crippen LogP contribution in [0.1, 0.15) is 23.5 Å². The smallest absolute Gasteiger partial charge is 0.229 e. The van der Waals surface area contributed by atoms with Crippen molar-refractivity contribution < 1.29 is 13.9 Å². The van der Waals surface area contributed by atoms with Crippen molar-refractivity contribution in [1.29, 1.82) is 0 Å². The van der Waals surface area contributed by atoms with Crippen molar-refractivity contribution in [3.63, 3.8) is 0 Å². The quantitative estimate of drug-likeness (QED) is 0.495. The van der Waals surface area contributed by atoms with E-state index >= 15 is 0 Å². The molecule has 4 rings (SSSR count). The van der Waals surface area contributed by atoms with Crippen LogP contribution >= 0.6 is 22.6 Å². The van der Waals surface area contributed by atoms with Crippen LogP contribution in [0.5, 0.6) is 5.75 Å². The number of hydrogen-bond acceptors (Lipinski definition) is 5. The summed E-state index contributed by atoms with van der Waals surface area (Å²) in [6, 6.07) is 9.98. The molecule has 1 aliphatic rings. The second-order valence-electron chi connectivity index (χ2n) is 7.43. The molecule has 30 heavy (non-hydrogen) atoms. The normalized spacial score (nSPS) is 19.9. The van der Waals surface area contributed by atoms with E-state index < -0.39 is 5.41 Å². The maximum absolute atomic E-state index is 13.9. The van der Waals surface area contributed by atoms with Gasteiger partial charge in [0.25, 0.3) is 0 Å². The molecule has 0 unspecified atom stereocenters. The van der Waals surface area contributed by atoms with Crippen molar-refractivity contribution in [2.45, 2.75) is 25.7 Å². The molecule has 2 atom stereocenters. The van der Waals surface area contributed by atoms with Gasteiger partial charge in [0.2, 0.25) is 5.91 Å². The Morgan fingerprint density at radius 2 is 2.10 bits per heavy atom. The number of pyridine rings is 1. The number of hydrogen-bond donors (Lipinski definition) is 1. The molecule has 2 aromatic heterocycles. The first-order valence-corrected chi connectivity index (χ1v) is 10.6. The first-order chi connectivity index (χ1) is 14.4. The third-order valence-corrected chi connectivity index (χ3v) is 5.95. The monoisotopic (exact) mass is 518 g/mol. The van der Waals surface area contributed by atoms with Crippen LogP contribution in [-0.4, -0.2) is 27.5 Å². The third-order valence-electron chi connectivity index (χ3n) is 5.31. The summed E-state index contributed by atoms with van der Waals surface area (Å²) in [5.74, 6) is 0.854. The molecule has 1 aliphatic carbocycles. The van der Waals surface area contributed by atoms with Gasteiger partial charge >= 0.3 is 0 Å². The minimum absolute atomic E-state index is 0.159. The van der Waals surface area contributed by atoms with Gasteiger partial charge in [-0.15, -0.1) is 0 Å². The Morgan fingerprint density at radius 1 is 1.27 bits per heavy atom. The summed E-state index contributed by atoms with van der Waals surface area (Å²) in [4.78, 5) is 25.7. The van der Waals surface area contributed by atoms with E-state index in [1.54, 1.807) is 24.5 Å². The lowest BCUT2D eigenvalue weighted by atomic mass is 9.93. The zero-order chi connectivity index (χ0) is 21.3. The summed E-state index contributed by atoms with van der Waals surface area (Å²) in [5, 5.41) is 2.86. The second-order valence-corrected chi connectivity index (χ2v) is 8.68. The van der Waals surface area contributed by atoms with Crippen LogP contribution in [-0.2, 0) is 10.2 Å². The average molecular weight is 518 g/mol. The molecule has 1 fully saturated rings. The van der Waals surface area contributed by atoms with Gasteiger partial charge in [0.1, 0.15) is 17.5 Å². The number of nitrogens with zero attached hydrogens (tertiary/aromatic N) is 3. The molecule has 2 heterocycles. The number of carbonyl (C=O) groups is 1. The minimum Gasteiger partial charge on any atom is -0.489 e. The van der Waals surface area contributed by atoms with Gasteiger partial charge in [0, 0.05) is 15.2 Å². The van der Waals surface area contributed by atoms with Gasteiger partial charge in [-0.3, -0.25) is 4.79 Å². The minimum atomic E-state index is -0.618. The van der Waals surface area contributed by atoms with E-state index in [1.165, 1.54) is 12.1 Å². The summed E-state index contributed by atoms with van der Waals surface area (Å²) >= 11 is 2.16. The number of anilines is 1. The molecule has 1 aromatic carbocycles. The molecule has 3 aromatic rings. The average Bonchev–Trinajstić information content (AvgIpc) is 3.45. The highest BCUT2D eigenvalue weighted by atomic mass is 127. The molecular formula is C22H20FIN4O2. The maximum Gasteiger partial charge on any atom is 0.229 e. The van der Waals surface area contributed by atoms with Gasteiger partial charge in [0.15, 0.2) is 5.75 Å². The molecule has 8 heteroatoms. The van der Waals surface area contributed by atoms with Gasteiger partial charge in [-0.1, -0.05) is 12.1 Å². The molecule has 1 saturated carbocycles. The highest BCUT2D eigenvalue weighted by Crippen LogP contribution is 2.55. The summed E-state index contributed by atoms with van der Waals surface area (Å²) in [6.07, 6.45) is 3.87. The fourth-order valence-electron chi connectivity index (χ4n) is 3.59. The van der Waals surface area contributed by atoms with Crippen molar-refractivity contribution in [3.8, 4) is 5.75 Å². The van der Waals surface area contributed by atoms with Crippen molar-refractivity contribution >= 4 is 34.3 Å². The van der Waals surface area contributed by atoms with E-state index in [4.69, 9.17) is 4.74 Å². The lowest BCUT2D eigenvalue weighted by Crippen LogP contribution is -2.27. The van der Waals surface area contributed by atoms with E-state index in [9.17, 15) is 9.18 Å². The first-order valence-electron chi connectivity index (χ1n) is 9.49. The molecule has 6 nitrogen and oxygen atoms in total. The predicted molar refractivity (Wildman–Crippen MR) is 119 cm³/mol. The number of carbonyl (C=O) groups excluding carboxylic acids is 1. The van der Waals surface area contributed by atoms with Crippen molar-refractivity contribution in [2.75, 3.05) is 11.9 Å². The number of aromatic nitrogens is 3. The number of rotatable bonds is 6. The fourth-order valence-corrected chi connectivity index (χ4v) is 3.91. The van der Waals surface area contributed by atoms with Crippen LogP contribution < -0.4 is 10.1 Å². The fraction of sp³-hybridized carbons (Fsp3) is 0.273. The zero-order valence-corrected chi connectivity index (χ0v) is 18.7. The van der Waals surface area contributed by atoms with Crippen molar-refractivity contribution in [3.05, 3.63) is 75.3 Å². The van der Waals surface area contributed by atoms with Crippen molar-refractivity contribution in [2.24, 2.45) is 5.92 Å². The molecule has 0 saturated heterocycles. The van der Waals surface area contributed by atoms with Crippen LogP contribution in [0.25, 0.3) is 0 Å². The summed E-state index contributed by atoms with van der Waals surface area (Å²) in [6.45, 7) is 3.88. The van der Waals surface area contributed by atoms with Crippen LogP contribution in [0.15, 0.2) is 48.8 Å². The summed E-state index contributed by atoms with van der Waals surface area (Å²) in [5.41, 5.74) is 0.845. The van der Waals surface area contributed by atoms with E-state index in [0.717, 1.165) is 14.8 Å². The predicted octanol–water partition coefficient (Wildman–Crippen LogP) is 4.21. The molecular weight excluding hydrogens is 498 g/mol. The Morgan fingerprint density at radius 3 is 2.80 bits per heavy atom. The number of benzene rings is 1. The van der Waals surface area contributed by atoms with Crippen molar-refractivity contribution in [1.82, 2.24) is 15.0 Å². The van der Waals surface area contributed by atoms with Crippen LogP contribution in [0.2, 0.25) is 0 Å². The number of ether oxygens (including phenoxy) is 1. The highest BCUT2D eigenvalue weighted by molar-refractivity contribution is 14.1. The van der Waals surface area contributed by atoms with Gasteiger partial charge in [0.05, 0.1) is 24.4 Å². The lowest BCUT2D eigenvalue weighted by Gasteiger charge is -2.19. The SMILES string of the molecule is Cc1ncc(OC[C@@]2(c3cccc(F)c3)C[C@H]2C(=O)Nc2ccc(I)cn2)c(C)n1. The van der Waals surface area contributed by atoms with Gasteiger partial charge < -0.3 is 10.1 Å². The Labute approximate surface area is 187 Å². The molecule has 1 N–H and O–H groups in total. The Kier molecular flexibility index (Phi) is 5.68. The van der Waals surface area contributed by atoms with E-state index in [2.05, 4.69) is 42.9 Å². The number of halogens is 2. The Balaban J connectivity index is 1.56. The topological polar surface area (TPSA) is 77.0 Å². The molecule has 0 bridgehead atoms. The number of aryl methyl sites for hydroxylation is 2. The van der Waals surface area contributed by atoms with E-state index in [1.807, 2.05) is 26.0 Å². The molecule has 0 radical (unpaired) electrons. The maximum atomic E-state index is 13.9. The first kappa shape index (κ1) is 20.6. The highest BCUT2D eigenvalue weighted by Gasteiger charge is 2.60. The second kappa shape index (κ2) is 8.25. The molecule has 0 spiro atoms. The zero-order valence-electron chi connectivity index (χ0n) is 16.5. The van der Waals surface area contributed by atoms with Gasteiger partial charge in [-0.25, -0.2) is 19.3 Å². The van der Waals surface area contributed by atoms with Crippen LogP contribution in [0.3, 0.4) is 0 Å². The largest absolute Gasteiger partial charge is 0.489 e. The lowest BCUT2D eigenvalue weighted by molar-refractivity contribution is -0.117. The Hall–Kier alpha value is -2.62. The van der Waals surface area contributed by atoms with Crippen LogP contribution in [0, 0.1) is 29.2 Å². The van der Waals surface area contributed by atoms with Crippen LogP contribution in [0.4, 0.5) is 10.2 Å². The Bertz CT molecular complexity index is 1090. The third kappa shape index (κ3) is 4.28. The molecule has 0 aliphatic heterocycles. The van der Waals surface area contributed by atoms with E-state index in [0.29, 0.717) is 23.8 Å².